The first-order valence-electron chi connectivity index (χ1n) is 5.62. The molecular weight excluding hydrogens is 208 g/mol. The van der Waals surface area contributed by atoms with Crippen molar-refractivity contribution in [1.29, 1.82) is 0 Å². The van der Waals surface area contributed by atoms with Gasteiger partial charge in [-0.2, -0.15) is 0 Å². The molecule has 0 amide bonds. The molecule has 4 heteroatoms. The lowest BCUT2D eigenvalue weighted by Gasteiger charge is -2.22. The van der Waals surface area contributed by atoms with Crippen molar-refractivity contribution in [2.24, 2.45) is 11.3 Å². The van der Waals surface area contributed by atoms with Crippen LogP contribution < -0.4 is 0 Å². The maximum absolute atomic E-state index is 11.7. The highest BCUT2D eigenvalue weighted by molar-refractivity contribution is 5.77. The van der Waals surface area contributed by atoms with Crippen LogP contribution in [0.2, 0.25) is 0 Å². The van der Waals surface area contributed by atoms with E-state index in [1.54, 1.807) is 6.92 Å². The van der Waals surface area contributed by atoms with Crippen LogP contribution in [0.3, 0.4) is 0 Å². The smallest absolute Gasteiger partial charge is 0.313 e. The van der Waals surface area contributed by atoms with Crippen LogP contribution in [-0.2, 0) is 19.1 Å². The van der Waals surface area contributed by atoms with E-state index in [1.165, 1.54) is 6.92 Å². The van der Waals surface area contributed by atoms with E-state index in [9.17, 15) is 9.59 Å². The van der Waals surface area contributed by atoms with Gasteiger partial charge in [0.05, 0.1) is 12.5 Å². The average molecular weight is 224 g/mol. The number of esters is 2. The maximum Gasteiger partial charge on any atom is 0.313 e. The fraction of sp³-hybridized carbons (Fsp3) is 0.667. The van der Waals surface area contributed by atoms with Crippen LogP contribution >= 0.6 is 0 Å². The molecular formula is C12H16O4. The van der Waals surface area contributed by atoms with Crippen LogP contribution in [0.15, 0.2) is 12.2 Å². The van der Waals surface area contributed by atoms with Crippen molar-refractivity contribution in [1.82, 2.24) is 0 Å². The Morgan fingerprint density at radius 2 is 2.06 bits per heavy atom. The molecule has 88 valence electrons. The minimum Gasteiger partial charge on any atom is -0.466 e. The summed E-state index contributed by atoms with van der Waals surface area (Å²) in [7, 11) is 0. The average Bonchev–Trinajstić information content (AvgIpc) is 2.89. The van der Waals surface area contributed by atoms with E-state index in [2.05, 4.69) is 0 Å². The molecule has 0 radical (unpaired) electrons. The topological polar surface area (TPSA) is 52.6 Å². The van der Waals surface area contributed by atoms with Gasteiger partial charge in [-0.1, -0.05) is 6.08 Å². The Balaban J connectivity index is 2.07. The molecule has 2 rings (SSSR count). The number of carbonyl (C=O) groups is 2. The number of hydrogen-bond donors (Lipinski definition) is 0. The second kappa shape index (κ2) is 3.92. The minimum absolute atomic E-state index is 0.197. The molecule has 2 atom stereocenters. The Kier molecular flexibility index (Phi) is 2.74. The van der Waals surface area contributed by atoms with Crippen LogP contribution in [0.1, 0.15) is 26.7 Å². The Hall–Kier alpha value is -1.32. The number of rotatable bonds is 3. The van der Waals surface area contributed by atoms with Gasteiger partial charge in [0, 0.05) is 12.3 Å². The summed E-state index contributed by atoms with van der Waals surface area (Å²) < 4.78 is 10.2. The van der Waals surface area contributed by atoms with Crippen molar-refractivity contribution in [2.75, 3.05) is 6.61 Å². The summed E-state index contributed by atoms with van der Waals surface area (Å²) in [4.78, 5) is 22.7. The van der Waals surface area contributed by atoms with Crippen LogP contribution in [0.4, 0.5) is 0 Å². The molecule has 2 aliphatic rings. The van der Waals surface area contributed by atoms with Gasteiger partial charge < -0.3 is 9.47 Å². The zero-order valence-electron chi connectivity index (χ0n) is 9.56. The number of carbonyl (C=O) groups excluding carboxylic acids is 2. The summed E-state index contributed by atoms with van der Waals surface area (Å²) in [6.07, 6.45) is 5.22. The molecule has 0 aromatic rings. The van der Waals surface area contributed by atoms with Crippen molar-refractivity contribution in [3.63, 3.8) is 0 Å². The van der Waals surface area contributed by atoms with Gasteiger partial charge in [-0.05, 0) is 25.8 Å². The molecule has 0 N–H and O–H groups in total. The summed E-state index contributed by atoms with van der Waals surface area (Å²) >= 11 is 0. The third-order valence-corrected chi connectivity index (χ3v) is 3.33. The normalized spacial score (nSPS) is 29.1. The van der Waals surface area contributed by atoms with Crippen molar-refractivity contribution in [3.8, 4) is 0 Å². The molecule has 0 heterocycles. The van der Waals surface area contributed by atoms with Crippen molar-refractivity contribution >= 4 is 11.9 Å². The van der Waals surface area contributed by atoms with E-state index in [-0.39, 0.29) is 29.4 Å². The largest absolute Gasteiger partial charge is 0.466 e. The highest BCUT2D eigenvalue weighted by Crippen LogP contribution is 2.59. The molecule has 0 saturated heterocycles. The fourth-order valence-electron chi connectivity index (χ4n) is 2.39. The quantitative estimate of drug-likeness (QED) is 0.537. The molecule has 0 aromatic carbocycles. The van der Waals surface area contributed by atoms with Crippen LogP contribution in [0.5, 0.6) is 0 Å². The van der Waals surface area contributed by atoms with Gasteiger partial charge in [-0.15, -0.1) is 0 Å². The molecule has 0 aliphatic heterocycles. The lowest BCUT2D eigenvalue weighted by molar-refractivity contribution is -0.155. The second-order valence-electron chi connectivity index (χ2n) is 4.38. The molecule has 16 heavy (non-hydrogen) atoms. The minimum atomic E-state index is -0.301. The van der Waals surface area contributed by atoms with E-state index in [0.29, 0.717) is 6.61 Å². The zero-order chi connectivity index (χ0) is 11.8. The third kappa shape index (κ3) is 1.72. The lowest BCUT2D eigenvalue weighted by Crippen LogP contribution is -2.31. The van der Waals surface area contributed by atoms with Gasteiger partial charge in [0.25, 0.3) is 0 Å². The molecule has 2 aliphatic carbocycles. The fourth-order valence-corrected chi connectivity index (χ4v) is 2.39. The summed E-state index contributed by atoms with van der Waals surface area (Å²) in [6, 6.07) is 0. The second-order valence-corrected chi connectivity index (χ2v) is 4.38. The van der Waals surface area contributed by atoms with Crippen LogP contribution in [0, 0.1) is 11.3 Å². The van der Waals surface area contributed by atoms with Gasteiger partial charge in [-0.3, -0.25) is 9.59 Å². The van der Waals surface area contributed by atoms with Crippen molar-refractivity contribution < 1.29 is 19.1 Å². The van der Waals surface area contributed by atoms with Gasteiger partial charge in [0.15, 0.2) is 0 Å². The standard InChI is InChI=1S/C12H16O4/c1-3-15-11(14)9-4-5-10(16-8(2)13)12(9)6-7-12/h4-5,9-10H,3,6-7H2,1-2H3/t9-,10-/m0/s1. The molecule has 0 unspecified atom stereocenters. The summed E-state index contributed by atoms with van der Waals surface area (Å²) in [6.45, 7) is 3.57. The summed E-state index contributed by atoms with van der Waals surface area (Å²) in [5.41, 5.74) is -0.197. The number of hydrogen-bond acceptors (Lipinski definition) is 4. The van der Waals surface area contributed by atoms with Crippen molar-refractivity contribution in [3.05, 3.63) is 12.2 Å². The Labute approximate surface area is 94.6 Å². The van der Waals surface area contributed by atoms with E-state index >= 15 is 0 Å². The van der Waals surface area contributed by atoms with Crippen molar-refractivity contribution in [2.45, 2.75) is 32.8 Å². The van der Waals surface area contributed by atoms with E-state index in [4.69, 9.17) is 9.47 Å². The summed E-state index contributed by atoms with van der Waals surface area (Å²) in [5, 5.41) is 0. The lowest BCUT2D eigenvalue weighted by atomic mass is 9.90. The Bertz CT molecular complexity index is 341. The van der Waals surface area contributed by atoms with E-state index < -0.39 is 0 Å². The summed E-state index contributed by atoms with van der Waals surface area (Å²) in [5.74, 6) is -0.742. The van der Waals surface area contributed by atoms with E-state index in [0.717, 1.165) is 12.8 Å². The Morgan fingerprint density at radius 1 is 1.38 bits per heavy atom. The highest BCUT2D eigenvalue weighted by Gasteiger charge is 2.60. The number of ether oxygens (including phenoxy) is 2. The monoisotopic (exact) mass is 224 g/mol. The van der Waals surface area contributed by atoms with Crippen LogP contribution in [-0.4, -0.2) is 24.6 Å². The molecule has 1 spiro atoms. The Morgan fingerprint density at radius 3 is 2.56 bits per heavy atom. The van der Waals surface area contributed by atoms with Gasteiger partial charge >= 0.3 is 11.9 Å². The molecule has 0 bridgehead atoms. The molecule has 0 aromatic heterocycles. The first-order valence-corrected chi connectivity index (χ1v) is 5.62. The predicted octanol–water partition coefficient (Wildman–Crippen LogP) is 1.45. The van der Waals surface area contributed by atoms with Gasteiger partial charge in [0.1, 0.15) is 6.10 Å². The zero-order valence-corrected chi connectivity index (χ0v) is 9.56. The predicted molar refractivity (Wildman–Crippen MR) is 56.5 cm³/mol. The van der Waals surface area contributed by atoms with Gasteiger partial charge in [0.2, 0.25) is 0 Å². The van der Waals surface area contributed by atoms with Gasteiger partial charge in [-0.25, -0.2) is 0 Å². The molecule has 1 saturated carbocycles. The van der Waals surface area contributed by atoms with Crippen LogP contribution in [0.25, 0.3) is 0 Å². The highest BCUT2D eigenvalue weighted by atomic mass is 16.5. The van der Waals surface area contributed by atoms with E-state index in [1.807, 2.05) is 12.2 Å². The first-order chi connectivity index (χ1) is 7.60. The third-order valence-electron chi connectivity index (χ3n) is 3.33. The SMILES string of the molecule is CCOC(=O)[C@@H]1C=C[C@H](OC(C)=O)C12CC2. The first kappa shape index (κ1) is 11.2. The molecule has 1 fully saturated rings. The maximum atomic E-state index is 11.7. The molecule has 4 nitrogen and oxygen atoms in total.